The van der Waals surface area contributed by atoms with E-state index in [4.69, 9.17) is 0 Å². The molecule has 0 aliphatic heterocycles. The Morgan fingerprint density at radius 2 is 2.06 bits per heavy atom. The number of carbonyl (C=O) groups excluding carboxylic acids is 1. The summed E-state index contributed by atoms with van der Waals surface area (Å²) in [4.78, 5) is 15.0. The summed E-state index contributed by atoms with van der Waals surface area (Å²) in [5, 5.41) is 0. The molecule has 0 heterocycles. The Morgan fingerprint density at radius 3 is 2.67 bits per heavy atom. The Morgan fingerprint density at radius 1 is 1.33 bits per heavy atom. The molecule has 4 atom stereocenters. The Kier molecular flexibility index (Phi) is 3.51. The topological polar surface area (TPSA) is 29.4 Å². The molecule has 0 N–H and O–H groups in total. The van der Waals surface area contributed by atoms with E-state index in [1.54, 1.807) is 0 Å². The number of fused-ring (bicyclic) bond motifs is 1. The summed E-state index contributed by atoms with van der Waals surface area (Å²) in [5.74, 6) is 1.12. The minimum absolute atomic E-state index is 0.192. The van der Waals surface area contributed by atoms with Crippen LogP contribution in [0.3, 0.4) is 0 Å². The molecule has 0 unspecified atom stereocenters. The molecule has 0 spiro atoms. The average Bonchev–Trinajstić information content (AvgIpc) is 2.28. The second kappa shape index (κ2) is 4.66. The van der Waals surface area contributed by atoms with Crippen LogP contribution in [-0.4, -0.2) is 11.6 Å². The van der Waals surface area contributed by atoms with Gasteiger partial charge in [0.15, 0.2) is 0 Å². The van der Waals surface area contributed by atoms with Crippen molar-refractivity contribution < 1.29 is 4.79 Å². The molecule has 0 saturated heterocycles. The Labute approximate surface area is 111 Å². The third kappa shape index (κ3) is 2.19. The van der Waals surface area contributed by atoms with Crippen LogP contribution in [0.5, 0.6) is 0 Å². The Bertz CT molecular complexity index is 396. The molecule has 2 heteroatoms. The van der Waals surface area contributed by atoms with E-state index < -0.39 is 0 Å². The van der Waals surface area contributed by atoms with Crippen LogP contribution in [0.4, 0.5) is 0 Å². The smallest absolute Gasteiger partial charge is 0.211 e. The molecular formula is C16H25NO. The summed E-state index contributed by atoms with van der Waals surface area (Å²) in [6, 6.07) is 0. The zero-order valence-corrected chi connectivity index (χ0v) is 12.0. The molecule has 2 nitrogen and oxygen atoms in total. The highest BCUT2D eigenvalue weighted by Gasteiger charge is 2.51. The minimum atomic E-state index is -0.192. The number of isocyanates is 1. The van der Waals surface area contributed by atoms with Crippen LogP contribution in [0.25, 0.3) is 0 Å². The van der Waals surface area contributed by atoms with Crippen molar-refractivity contribution in [3.8, 4) is 0 Å². The number of aliphatic imine (C=N–C) groups is 1. The van der Waals surface area contributed by atoms with Gasteiger partial charge in [0.05, 0.1) is 5.54 Å². The minimum Gasteiger partial charge on any atom is -0.211 e. The van der Waals surface area contributed by atoms with E-state index in [1.807, 2.05) is 6.08 Å². The highest BCUT2D eigenvalue weighted by atomic mass is 16.1. The summed E-state index contributed by atoms with van der Waals surface area (Å²) in [7, 11) is 0. The van der Waals surface area contributed by atoms with E-state index in [9.17, 15) is 4.79 Å². The van der Waals surface area contributed by atoms with Crippen molar-refractivity contribution in [1.82, 2.24) is 0 Å². The van der Waals surface area contributed by atoms with Gasteiger partial charge < -0.3 is 0 Å². The molecule has 0 aromatic heterocycles. The maximum Gasteiger partial charge on any atom is 0.235 e. The van der Waals surface area contributed by atoms with Gasteiger partial charge in [-0.1, -0.05) is 25.5 Å². The fraction of sp³-hybridized carbons (Fsp3) is 0.812. The van der Waals surface area contributed by atoms with E-state index in [-0.39, 0.29) is 5.54 Å². The maximum atomic E-state index is 10.8. The molecule has 2 rings (SSSR count). The van der Waals surface area contributed by atoms with E-state index >= 15 is 0 Å². The third-order valence-electron chi connectivity index (χ3n) is 5.60. The van der Waals surface area contributed by atoms with Crippen LogP contribution in [0.2, 0.25) is 0 Å². The van der Waals surface area contributed by atoms with Crippen LogP contribution >= 0.6 is 0 Å². The van der Waals surface area contributed by atoms with E-state index in [0.29, 0.717) is 17.3 Å². The summed E-state index contributed by atoms with van der Waals surface area (Å²) >= 11 is 0. The third-order valence-corrected chi connectivity index (χ3v) is 5.60. The van der Waals surface area contributed by atoms with Gasteiger partial charge in [0.1, 0.15) is 0 Å². The van der Waals surface area contributed by atoms with Crippen molar-refractivity contribution in [2.24, 2.45) is 22.2 Å². The highest BCUT2D eigenvalue weighted by Crippen LogP contribution is 2.57. The van der Waals surface area contributed by atoms with Gasteiger partial charge in [-0.2, -0.15) is 4.99 Å². The number of hydrogen-bond acceptors (Lipinski definition) is 2. The van der Waals surface area contributed by atoms with Gasteiger partial charge in [0.2, 0.25) is 6.08 Å². The van der Waals surface area contributed by atoms with Gasteiger partial charge in [-0.05, 0) is 63.2 Å². The molecule has 2 aliphatic carbocycles. The van der Waals surface area contributed by atoms with Crippen molar-refractivity contribution >= 4 is 6.08 Å². The molecule has 0 radical (unpaired) electrons. The summed E-state index contributed by atoms with van der Waals surface area (Å²) in [6.45, 7) is 10.8. The van der Waals surface area contributed by atoms with Gasteiger partial charge >= 0.3 is 0 Å². The molecule has 0 aromatic rings. The molecule has 100 valence electrons. The highest BCUT2D eigenvalue weighted by molar-refractivity contribution is 5.35. The van der Waals surface area contributed by atoms with Crippen molar-refractivity contribution in [3.63, 3.8) is 0 Å². The lowest BCUT2D eigenvalue weighted by Crippen LogP contribution is -2.50. The van der Waals surface area contributed by atoms with Gasteiger partial charge in [-0.3, -0.25) is 0 Å². The van der Waals surface area contributed by atoms with Crippen LogP contribution < -0.4 is 0 Å². The number of rotatable bonds is 2. The van der Waals surface area contributed by atoms with Crippen LogP contribution in [-0.2, 0) is 4.79 Å². The number of hydrogen-bond donors (Lipinski definition) is 0. The van der Waals surface area contributed by atoms with Crippen molar-refractivity contribution in [3.05, 3.63) is 12.2 Å². The standard InChI is InChI=1S/C16H25NO/c1-12(2)13-6-9-15(3)7-5-8-16(4,17-11-18)14(15)10-13/h13-14H,1,5-10H2,2-4H3/t13-,14-,15-,16+/m1/s1. The van der Waals surface area contributed by atoms with Crippen LogP contribution in [0.1, 0.15) is 59.3 Å². The predicted molar refractivity (Wildman–Crippen MR) is 74.1 cm³/mol. The monoisotopic (exact) mass is 247 g/mol. The molecule has 0 bridgehead atoms. The Balaban J connectivity index is 2.31. The molecule has 18 heavy (non-hydrogen) atoms. The second-order valence-corrected chi connectivity index (χ2v) is 6.94. The predicted octanol–water partition coefficient (Wildman–Crippen LogP) is 4.26. The quantitative estimate of drug-likeness (QED) is 0.407. The SMILES string of the molecule is C=C(C)[C@@H]1CC[C@@]2(C)CCC[C@](C)(N=C=O)[C@@H]2C1. The Hall–Kier alpha value is -0.880. The first-order chi connectivity index (χ1) is 8.41. The van der Waals surface area contributed by atoms with Gasteiger partial charge in [0, 0.05) is 0 Å². The summed E-state index contributed by atoms with van der Waals surface area (Å²) in [6.07, 6.45) is 8.98. The fourth-order valence-corrected chi connectivity index (χ4v) is 4.38. The van der Waals surface area contributed by atoms with E-state index in [1.165, 1.54) is 31.3 Å². The van der Waals surface area contributed by atoms with Gasteiger partial charge in [-0.25, -0.2) is 4.79 Å². The molecule has 2 aliphatic rings. The van der Waals surface area contributed by atoms with Crippen LogP contribution in [0.15, 0.2) is 17.1 Å². The van der Waals surface area contributed by atoms with Crippen molar-refractivity contribution in [2.45, 2.75) is 64.8 Å². The summed E-state index contributed by atoms with van der Waals surface area (Å²) < 4.78 is 0. The average molecular weight is 247 g/mol. The first kappa shape index (κ1) is 13.5. The molecule has 0 aromatic carbocycles. The largest absolute Gasteiger partial charge is 0.235 e. The summed E-state index contributed by atoms with van der Waals surface area (Å²) in [5.41, 5.74) is 1.46. The normalized spacial score (nSPS) is 43.7. The van der Waals surface area contributed by atoms with Gasteiger partial charge in [-0.15, -0.1) is 0 Å². The number of allylic oxidation sites excluding steroid dienone is 1. The first-order valence-electron chi connectivity index (χ1n) is 7.16. The molecule has 2 saturated carbocycles. The molecular weight excluding hydrogens is 222 g/mol. The van der Waals surface area contributed by atoms with Crippen molar-refractivity contribution in [1.29, 1.82) is 0 Å². The lowest BCUT2D eigenvalue weighted by atomic mass is 9.52. The second-order valence-electron chi connectivity index (χ2n) is 6.94. The maximum absolute atomic E-state index is 10.8. The molecule has 0 amide bonds. The van der Waals surface area contributed by atoms with Crippen LogP contribution in [0, 0.1) is 17.3 Å². The first-order valence-corrected chi connectivity index (χ1v) is 7.16. The number of nitrogens with zero attached hydrogens (tertiary/aromatic N) is 1. The van der Waals surface area contributed by atoms with E-state index in [2.05, 4.69) is 32.3 Å². The lowest BCUT2D eigenvalue weighted by molar-refractivity contribution is -0.00737. The lowest BCUT2D eigenvalue weighted by Gasteiger charge is -2.54. The molecule has 2 fully saturated rings. The van der Waals surface area contributed by atoms with Crippen molar-refractivity contribution in [2.75, 3.05) is 0 Å². The van der Waals surface area contributed by atoms with Gasteiger partial charge in [0.25, 0.3) is 0 Å². The van der Waals surface area contributed by atoms with E-state index in [0.717, 1.165) is 12.8 Å². The zero-order chi connectivity index (χ0) is 13.4. The zero-order valence-electron chi connectivity index (χ0n) is 12.0. The fourth-order valence-electron chi connectivity index (χ4n) is 4.38.